The van der Waals surface area contributed by atoms with E-state index in [9.17, 15) is 8.42 Å². The van der Waals surface area contributed by atoms with Crippen molar-refractivity contribution in [2.75, 3.05) is 13.1 Å². The quantitative estimate of drug-likeness (QED) is 0.730. The molecule has 88 valence electrons. The lowest BCUT2D eigenvalue weighted by atomic mass is 10.3. The molecular formula is C11H11N3O2S. The van der Waals surface area contributed by atoms with Crippen LogP contribution in [0.5, 0.6) is 0 Å². The van der Waals surface area contributed by atoms with E-state index in [2.05, 4.69) is 4.98 Å². The molecule has 0 saturated carbocycles. The number of hydrogen-bond donors (Lipinski definition) is 0. The Morgan fingerprint density at radius 1 is 1.41 bits per heavy atom. The summed E-state index contributed by atoms with van der Waals surface area (Å²) in [5, 5.41) is 8.87. The van der Waals surface area contributed by atoms with Gasteiger partial charge in [-0.05, 0) is 18.6 Å². The second-order valence-electron chi connectivity index (χ2n) is 3.59. The van der Waals surface area contributed by atoms with Crippen molar-refractivity contribution in [3.63, 3.8) is 0 Å². The molecule has 0 amide bonds. The lowest BCUT2D eigenvalue weighted by Crippen LogP contribution is -2.34. The van der Waals surface area contributed by atoms with Crippen molar-refractivity contribution in [3.05, 3.63) is 36.2 Å². The Bertz CT molecular complexity index is 587. The molecule has 0 radical (unpaired) electrons. The summed E-state index contributed by atoms with van der Waals surface area (Å²) < 4.78 is 25.9. The van der Waals surface area contributed by atoms with Crippen molar-refractivity contribution in [3.8, 4) is 6.07 Å². The highest BCUT2D eigenvalue weighted by atomic mass is 32.2. The molecule has 0 bridgehead atoms. The van der Waals surface area contributed by atoms with Crippen LogP contribution < -0.4 is 0 Å². The number of nitriles is 1. The molecule has 2 rings (SSSR count). The van der Waals surface area contributed by atoms with E-state index in [0.29, 0.717) is 19.5 Å². The number of sulfonamides is 1. The van der Waals surface area contributed by atoms with Gasteiger partial charge >= 0.3 is 0 Å². The van der Waals surface area contributed by atoms with Crippen molar-refractivity contribution in [1.82, 2.24) is 9.29 Å². The van der Waals surface area contributed by atoms with E-state index < -0.39 is 10.0 Å². The van der Waals surface area contributed by atoms with E-state index in [4.69, 9.17) is 5.26 Å². The summed E-state index contributed by atoms with van der Waals surface area (Å²) in [6.45, 7) is 0.792. The number of rotatable bonds is 2. The fourth-order valence-corrected chi connectivity index (χ4v) is 3.16. The van der Waals surface area contributed by atoms with Crippen LogP contribution in [0.2, 0.25) is 0 Å². The Labute approximate surface area is 100 Å². The van der Waals surface area contributed by atoms with Gasteiger partial charge in [-0.3, -0.25) is 0 Å². The molecule has 5 nitrogen and oxygen atoms in total. The zero-order chi connectivity index (χ0) is 12.3. The van der Waals surface area contributed by atoms with Gasteiger partial charge in [-0.25, -0.2) is 13.4 Å². The van der Waals surface area contributed by atoms with Crippen LogP contribution in [0, 0.1) is 11.3 Å². The number of hydrogen-bond acceptors (Lipinski definition) is 4. The molecule has 0 aromatic carbocycles. The predicted octanol–water partition coefficient (Wildman–Crippen LogP) is 0.904. The third kappa shape index (κ3) is 2.20. The first-order chi connectivity index (χ1) is 8.16. The summed E-state index contributed by atoms with van der Waals surface area (Å²) in [6, 6.07) is 4.74. The van der Waals surface area contributed by atoms with Gasteiger partial charge in [-0.2, -0.15) is 9.57 Å². The first kappa shape index (κ1) is 11.8. The van der Waals surface area contributed by atoms with Gasteiger partial charge in [0.05, 0.1) is 0 Å². The van der Waals surface area contributed by atoms with Crippen LogP contribution in [-0.4, -0.2) is 30.8 Å². The summed E-state index contributed by atoms with van der Waals surface area (Å²) in [6.07, 6.45) is 5.86. The number of pyridine rings is 1. The standard InChI is InChI=1S/C11H11N3O2S/c12-9-10-11(5-4-6-13-10)17(15,16)14-7-2-1-3-8-14/h1-2,4-6H,3,7-8H2. The van der Waals surface area contributed by atoms with Crippen molar-refractivity contribution in [2.24, 2.45) is 0 Å². The molecule has 17 heavy (non-hydrogen) atoms. The summed E-state index contributed by atoms with van der Waals surface area (Å²) in [7, 11) is -3.61. The highest BCUT2D eigenvalue weighted by Crippen LogP contribution is 2.19. The fraction of sp³-hybridized carbons (Fsp3) is 0.273. The van der Waals surface area contributed by atoms with Gasteiger partial charge in [0.2, 0.25) is 10.0 Å². The zero-order valence-electron chi connectivity index (χ0n) is 9.07. The molecule has 1 aromatic rings. The normalized spacial score (nSPS) is 16.6. The molecular weight excluding hydrogens is 238 g/mol. The molecule has 0 spiro atoms. The van der Waals surface area contributed by atoms with E-state index in [1.807, 2.05) is 12.2 Å². The summed E-state index contributed by atoms with van der Waals surface area (Å²) >= 11 is 0. The Morgan fingerprint density at radius 2 is 2.24 bits per heavy atom. The average Bonchev–Trinajstić information content (AvgIpc) is 2.39. The largest absolute Gasteiger partial charge is 0.246 e. The van der Waals surface area contributed by atoms with Gasteiger partial charge in [0, 0.05) is 19.3 Å². The molecule has 0 unspecified atom stereocenters. The minimum Gasteiger partial charge on any atom is -0.244 e. The fourth-order valence-electron chi connectivity index (χ4n) is 1.66. The summed E-state index contributed by atoms with van der Waals surface area (Å²) in [4.78, 5) is 3.76. The molecule has 0 N–H and O–H groups in total. The maximum Gasteiger partial charge on any atom is 0.246 e. The maximum atomic E-state index is 12.3. The van der Waals surface area contributed by atoms with Crippen LogP contribution in [0.15, 0.2) is 35.4 Å². The first-order valence-corrected chi connectivity index (χ1v) is 6.60. The van der Waals surface area contributed by atoms with E-state index in [1.54, 1.807) is 6.07 Å². The van der Waals surface area contributed by atoms with Crippen LogP contribution in [0.1, 0.15) is 12.1 Å². The highest BCUT2D eigenvalue weighted by molar-refractivity contribution is 7.89. The molecule has 2 heterocycles. The Hall–Kier alpha value is -1.71. The third-order valence-corrected chi connectivity index (χ3v) is 4.41. The lowest BCUT2D eigenvalue weighted by molar-refractivity contribution is 0.437. The molecule has 1 aliphatic rings. The van der Waals surface area contributed by atoms with Crippen LogP contribution in [0.25, 0.3) is 0 Å². The minimum atomic E-state index is -3.61. The van der Waals surface area contributed by atoms with Crippen molar-refractivity contribution in [2.45, 2.75) is 11.3 Å². The van der Waals surface area contributed by atoms with E-state index in [1.165, 1.54) is 22.6 Å². The average molecular weight is 249 g/mol. The number of nitrogens with zero attached hydrogens (tertiary/aromatic N) is 3. The SMILES string of the molecule is N#Cc1ncccc1S(=O)(=O)N1CC=CCC1. The zero-order valence-corrected chi connectivity index (χ0v) is 9.89. The predicted molar refractivity (Wildman–Crippen MR) is 61.5 cm³/mol. The Morgan fingerprint density at radius 3 is 2.88 bits per heavy atom. The third-order valence-electron chi connectivity index (χ3n) is 2.52. The lowest BCUT2D eigenvalue weighted by Gasteiger charge is -2.22. The van der Waals surface area contributed by atoms with Gasteiger partial charge < -0.3 is 0 Å². The van der Waals surface area contributed by atoms with Crippen LogP contribution in [0.4, 0.5) is 0 Å². The van der Waals surface area contributed by atoms with Gasteiger partial charge in [-0.1, -0.05) is 12.2 Å². The second kappa shape index (κ2) is 4.65. The van der Waals surface area contributed by atoms with Crippen molar-refractivity contribution in [1.29, 1.82) is 5.26 Å². The minimum absolute atomic E-state index is 0.0159. The van der Waals surface area contributed by atoms with Gasteiger partial charge in [0.15, 0.2) is 5.69 Å². The Balaban J connectivity index is 2.45. The molecule has 0 atom stereocenters. The van der Waals surface area contributed by atoms with Gasteiger partial charge in [0.1, 0.15) is 11.0 Å². The molecule has 0 saturated heterocycles. The van der Waals surface area contributed by atoms with Gasteiger partial charge in [-0.15, -0.1) is 0 Å². The van der Waals surface area contributed by atoms with E-state index in [-0.39, 0.29) is 10.6 Å². The van der Waals surface area contributed by atoms with Crippen LogP contribution in [0.3, 0.4) is 0 Å². The number of aromatic nitrogens is 1. The van der Waals surface area contributed by atoms with E-state index in [0.717, 1.165) is 0 Å². The highest BCUT2D eigenvalue weighted by Gasteiger charge is 2.27. The molecule has 1 aromatic heterocycles. The van der Waals surface area contributed by atoms with Crippen LogP contribution >= 0.6 is 0 Å². The molecule has 0 aliphatic carbocycles. The smallest absolute Gasteiger partial charge is 0.244 e. The monoisotopic (exact) mass is 249 g/mol. The second-order valence-corrected chi connectivity index (χ2v) is 5.49. The Kier molecular flexibility index (Phi) is 3.22. The summed E-state index contributed by atoms with van der Waals surface area (Å²) in [5.74, 6) is 0. The molecule has 6 heteroatoms. The van der Waals surface area contributed by atoms with Gasteiger partial charge in [0.25, 0.3) is 0 Å². The first-order valence-electron chi connectivity index (χ1n) is 5.16. The summed E-state index contributed by atoms with van der Waals surface area (Å²) in [5.41, 5.74) is -0.0537. The van der Waals surface area contributed by atoms with Crippen LogP contribution in [-0.2, 0) is 10.0 Å². The van der Waals surface area contributed by atoms with E-state index >= 15 is 0 Å². The van der Waals surface area contributed by atoms with Crippen molar-refractivity contribution >= 4 is 10.0 Å². The molecule has 1 aliphatic heterocycles. The topological polar surface area (TPSA) is 74.1 Å². The van der Waals surface area contributed by atoms with Crippen molar-refractivity contribution < 1.29 is 8.42 Å². The molecule has 0 fully saturated rings. The maximum absolute atomic E-state index is 12.3.